The smallest absolute Gasteiger partial charge is 0.354 e. The average Bonchev–Trinajstić information content (AvgIpc) is 2.89. The minimum absolute atomic E-state index is 0.0502. The number of carbonyl (C=O) groups is 1. The van der Waals surface area contributed by atoms with Gasteiger partial charge < -0.3 is 5.11 Å². The zero-order valence-electron chi connectivity index (χ0n) is 10.3. The van der Waals surface area contributed by atoms with Gasteiger partial charge in [0.05, 0.1) is 0 Å². The van der Waals surface area contributed by atoms with Gasteiger partial charge in [0, 0.05) is 18.1 Å². The Labute approximate surface area is 118 Å². The summed E-state index contributed by atoms with van der Waals surface area (Å²) in [6.45, 7) is 0. The lowest BCUT2D eigenvalue weighted by Crippen LogP contribution is -2.00. The number of thioether (sulfide) groups is 1. The van der Waals surface area contributed by atoms with Crippen molar-refractivity contribution < 1.29 is 9.90 Å². The molecule has 0 aromatic carbocycles. The van der Waals surface area contributed by atoms with E-state index in [1.54, 1.807) is 12.1 Å². The Bertz CT molecular complexity index is 772. The summed E-state index contributed by atoms with van der Waals surface area (Å²) in [5.41, 5.74) is 1.72. The quantitative estimate of drug-likeness (QED) is 0.740. The van der Waals surface area contributed by atoms with Gasteiger partial charge in [-0.1, -0.05) is 17.8 Å². The van der Waals surface area contributed by atoms with Crippen molar-refractivity contribution in [3.05, 3.63) is 54.0 Å². The summed E-state index contributed by atoms with van der Waals surface area (Å²) in [5.74, 6) is -0.414. The molecule has 0 atom stereocenters. The zero-order chi connectivity index (χ0) is 13.9. The summed E-state index contributed by atoms with van der Waals surface area (Å²) in [5, 5.41) is 17.9. The van der Waals surface area contributed by atoms with E-state index in [1.165, 1.54) is 18.0 Å². The fourth-order valence-corrected chi connectivity index (χ4v) is 2.61. The van der Waals surface area contributed by atoms with E-state index in [2.05, 4.69) is 15.2 Å². The molecule has 7 heteroatoms. The van der Waals surface area contributed by atoms with Crippen LogP contribution in [0.25, 0.3) is 5.65 Å². The third-order valence-corrected chi connectivity index (χ3v) is 3.71. The van der Waals surface area contributed by atoms with Crippen molar-refractivity contribution in [3.63, 3.8) is 0 Å². The number of pyridine rings is 2. The molecule has 6 nitrogen and oxygen atoms in total. The molecule has 0 aliphatic heterocycles. The molecule has 0 unspecified atom stereocenters. The second-order valence-electron chi connectivity index (χ2n) is 4.05. The minimum atomic E-state index is -1.02. The zero-order valence-corrected chi connectivity index (χ0v) is 11.1. The van der Waals surface area contributed by atoms with Crippen molar-refractivity contribution in [1.82, 2.24) is 19.6 Å². The van der Waals surface area contributed by atoms with Gasteiger partial charge in [-0.3, -0.25) is 4.40 Å². The number of fused-ring (bicyclic) bond motifs is 1. The van der Waals surface area contributed by atoms with Gasteiger partial charge in [0.1, 0.15) is 5.69 Å². The van der Waals surface area contributed by atoms with E-state index in [9.17, 15) is 4.79 Å². The summed E-state index contributed by atoms with van der Waals surface area (Å²) >= 11 is 1.50. The molecule has 100 valence electrons. The predicted molar refractivity (Wildman–Crippen MR) is 73.7 cm³/mol. The van der Waals surface area contributed by atoms with Crippen LogP contribution >= 0.6 is 11.8 Å². The molecule has 0 amide bonds. The lowest BCUT2D eigenvalue weighted by molar-refractivity contribution is 0.0690. The minimum Gasteiger partial charge on any atom is -0.477 e. The first-order valence-corrected chi connectivity index (χ1v) is 6.83. The molecule has 0 spiro atoms. The van der Waals surface area contributed by atoms with E-state index in [0.29, 0.717) is 5.75 Å². The third kappa shape index (κ3) is 2.48. The van der Waals surface area contributed by atoms with Crippen LogP contribution in [0.3, 0.4) is 0 Å². The summed E-state index contributed by atoms with van der Waals surface area (Å²) in [6, 6.07) is 9.06. The van der Waals surface area contributed by atoms with Crippen molar-refractivity contribution in [2.45, 2.75) is 10.9 Å². The first-order valence-electron chi connectivity index (χ1n) is 5.85. The molecule has 1 N–H and O–H groups in total. The van der Waals surface area contributed by atoms with E-state index in [1.807, 2.05) is 28.8 Å². The van der Waals surface area contributed by atoms with Crippen LogP contribution in [0.4, 0.5) is 0 Å². The maximum atomic E-state index is 10.9. The second-order valence-corrected chi connectivity index (χ2v) is 5.00. The summed E-state index contributed by atoms with van der Waals surface area (Å²) in [7, 11) is 0. The van der Waals surface area contributed by atoms with Crippen LogP contribution in [0, 0.1) is 0 Å². The SMILES string of the molecule is O=C(O)c1cc(CSc2nnc3ccccn23)ccn1. The Kier molecular flexibility index (Phi) is 3.34. The van der Waals surface area contributed by atoms with Gasteiger partial charge in [-0.25, -0.2) is 9.78 Å². The fraction of sp³-hybridized carbons (Fsp3) is 0.0769. The molecular weight excluding hydrogens is 276 g/mol. The Balaban J connectivity index is 1.79. The highest BCUT2D eigenvalue weighted by Crippen LogP contribution is 2.21. The molecule has 0 aliphatic carbocycles. The van der Waals surface area contributed by atoms with Gasteiger partial charge in [-0.05, 0) is 29.8 Å². The maximum Gasteiger partial charge on any atom is 0.354 e. The molecule has 0 radical (unpaired) electrons. The predicted octanol–water partition coefficient (Wildman–Crippen LogP) is 2.11. The highest BCUT2D eigenvalue weighted by atomic mass is 32.2. The molecule has 3 aromatic rings. The van der Waals surface area contributed by atoms with Gasteiger partial charge in [0.25, 0.3) is 0 Å². The van der Waals surface area contributed by atoms with E-state index in [0.717, 1.165) is 16.4 Å². The molecule has 3 rings (SSSR count). The standard InChI is InChI=1S/C13H10N4O2S/c18-12(19)10-7-9(4-5-14-10)8-20-13-16-15-11-3-1-2-6-17(11)13/h1-7H,8H2,(H,18,19). The maximum absolute atomic E-state index is 10.9. The number of nitrogens with zero attached hydrogens (tertiary/aromatic N) is 4. The number of carboxylic acids is 1. The van der Waals surface area contributed by atoms with E-state index in [4.69, 9.17) is 5.11 Å². The third-order valence-electron chi connectivity index (χ3n) is 2.69. The molecule has 3 aromatic heterocycles. The van der Waals surface area contributed by atoms with Crippen LogP contribution in [0.2, 0.25) is 0 Å². The van der Waals surface area contributed by atoms with Gasteiger partial charge in [-0.2, -0.15) is 0 Å². The first-order chi connectivity index (χ1) is 9.74. The molecule has 0 bridgehead atoms. The van der Waals surface area contributed by atoms with E-state index in [-0.39, 0.29) is 5.69 Å². The Morgan fingerprint density at radius 1 is 1.30 bits per heavy atom. The normalized spacial score (nSPS) is 10.8. The van der Waals surface area contributed by atoms with Gasteiger partial charge in [-0.15, -0.1) is 10.2 Å². The molecule has 20 heavy (non-hydrogen) atoms. The fourth-order valence-electron chi connectivity index (χ4n) is 1.75. The van der Waals surface area contributed by atoms with Crippen LogP contribution in [0.5, 0.6) is 0 Å². The Morgan fingerprint density at radius 3 is 3.05 bits per heavy atom. The van der Waals surface area contributed by atoms with Crippen LogP contribution in [0.15, 0.2) is 47.9 Å². The molecule has 0 saturated heterocycles. The highest BCUT2D eigenvalue weighted by Gasteiger charge is 2.08. The second kappa shape index (κ2) is 5.30. The van der Waals surface area contributed by atoms with Crippen molar-refractivity contribution in [3.8, 4) is 0 Å². The molecule has 0 aliphatic rings. The topological polar surface area (TPSA) is 80.4 Å². The van der Waals surface area contributed by atoms with E-state index >= 15 is 0 Å². The number of hydrogen-bond acceptors (Lipinski definition) is 5. The summed E-state index contributed by atoms with van der Waals surface area (Å²) in [4.78, 5) is 14.7. The monoisotopic (exact) mass is 286 g/mol. The highest BCUT2D eigenvalue weighted by molar-refractivity contribution is 7.98. The van der Waals surface area contributed by atoms with Crippen LogP contribution in [-0.4, -0.2) is 30.7 Å². The van der Waals surface area contributed by atoms with Crippen molar-refractivity contribution in [2.75, 3.05) is 0 Å². The molecule has 0 saturated carbocycles. The summed E-state index contributed by atoms with van der Waals surface area (Å²) < 4.78 is 1.89. The Hall–Kier alpha value is -2.41. The lowest BCUT2D eigenvalue weighted by atomic mass is 10.2. The number of hydrogen-bond donors (Lipinski definition) is 1. The van der Waals surface area contributed by atoms with Gasteiger partial charge in [0.15, 0.2) is 10.8 Å². The summed E-state index contributed by atoms with van der Waals surface area (Å²) in [6.07, 6.45) is 3.40. The van der Waals surface area contributed by atoms with Crippen LogP contribution < -0.4 is 0 Å². The van der Waals surface area contributed by atoms with E-state index < -0.39 is 5.97 Å². The van der Waals surface area contributed by atoms with Gasteiger partial charge >= 0.3 is 5.97 Å². The van der Waals surface area contributed by atoms with Crippen molar-refractivity contribution in [1.29, 1.82) is 0 Å². The largest absolute Gasteiger partial charge is 0.477 e. The molecule has 3 heterocycles. The average molecular weight is 286 g/mol. The van der Waals surface area contributed by atoms with Crippen LogP contribution in [0.1, 0.15) is 16.1 Å². The molecular formula is C13H10N4O2S. The van der Waals surface area contributed by atoms with Crippen LogP contribution in [-0.2, 0) is 5.75 Å². The first kappa shape index (κ1) is 12.6. The lowest BCUT2D eigenvalue weighted by Gasteiger charge is -2.01. The number of aromatic nitrogens is 4. The number of aromatic carboxylic acids is 1. The number of rotatable bonds is 4. The van der Waals surface area contributed by atoms with Crippen molar-refractivity contribution in [2.24, 2.45) is 0 Å². The molecule has 0 fully saturated rings. The number of carboxylic acid groups (broad SMARTS) is 1. The van der Waals surface area contributed by atoms with Gasteiger partial charge in [0.2, 0.25) is 0 Å². The van der Waals surface area contributed by atoms with Crippen molar-refractivity contribution >= 4 is 23.4 Å². The Morgan fingerprint density at radius 2 is 2.20 bits per heavy atom.